The van der Waals surface area contributed by atoms with Crippen LogP contribution in [0.25, 0.3) is 23.0 Å². The normalized spacial score (nSPS) is 17.6. The van der Waals surface area contributed by atoms with Gasteiger partial charge >= 0.3 is 0 Å². The Morgan fingerprint density at radius 1 is 1.19 bits per heavy atom. The molecule has 0 bridgehead atoms. The molecule has 1 aromatic heterocycles. The number of halogens is 1. The van der Waals surface area contributed by atoms with Crippen molar-refractivity contribution in [2.24, 2.45) is 0 Å². The first kappa shape index (κ1) is 22.0. The van der Waals surface area contributed by atoms with Crippen molar-refractivity contribution < 1.29 is 17.6 Å². The molecule has 1 aliphatic rings. The Morgan fingerprint density at radius 2 is 1.91 bits per heavy atom. The number of benzene rings is 2. The summed E-state index contributed by atoms with van der Waals surface area (Å²) in [6.45, 7) is 2.27. The summed E-state index contributed by atoms with van der Waals surface area (Å²) in [6.07, 6.45) is 5.41. The fourth-order valence-corrected chi connectivity index (χ4v) is 5.66. The summed E-state index contributed by atoms with van der Waals surface area (Å²) in [6, 6.07) is 15.3. The third kappa shape index (κ3) is 4.80. The number of carbonyl (C=O) groups is 1. The van der Waals surface area contributed by atoms with Crippen molar-refractivity contribution in [2.45, 2.75) is 19.4 Å². The summed E-state index contributed by atoms with van der Waals surface area (Å²) in [7, 11) is -3.09. The zero-order chi connectivity index (χ0) is 22.7. The van der Waals surface area contributed by atoms with E-state index < -0.39 is 9.84 Å². The van der Waals surface area contributed by atoms with Gasteiger partial charge in [0.2, 0.25) is 5.91 Å². The largest absolute Gasteiger partial charge is 0.335 e. The van der Waals surface area contributed by atoms with Crippen molar-refractivity contribution >= 4 is 21.8 Å². The number of hydrogen-bond donors (Lipinski definition) is 0. The highest BCUT2D eigenvalue weighted by molar-refractivity contribution is 7.91. The van der Waals surface area contributed by atoms with Crippen molar-refractivity contribution in [2.75, 3.05) is 18.1 Å². The van der Waals surface area contributed by atoms with Gasteiger partial charge in [-0.3, -0.25) is 4.79 Å². The molecule has 0 radical (unpaired) electrons. The molecule has 4 rings (SSSR count). The van der Waals surface area contributed by atoms with Crippen LogP contribution >= 0.6 is 0 Å². The summed E-state index contributed by atoms with van der Waals surface area (Å²) in [5.41, 5.74) is 2.89. The average molecular weight is 454 g/mol. The third-order valence-corrected chi connectivity index (χ3v) is 7.31. The maximum atomic E-state index is 13.4. The number of rotatable bonds is 6. The number of nitrogens with zero attached hydrogens (tertiary/aromatic N) is 3. The lowest BCUT2D eigenvalue weighted by Gasteiger charge is -2.25. The summed E-state index contributed by atoms with van der Waals surface area (Å²) in [4.78, 5) is 14.5. The van der Waals surface area contributed by atoms with Gasteiger partial charge in [-0.15, -0.1) is 0 Å². The smallest absolute Gasteiger partial charge is 0.246 e. The van der Waals surface area contributed by atoms with Crippen molar-refractivity contribution in [1.82, 2.24) is 14.7 Å². The molecule has 2 heterocycles. The highest BCUT2D eigenvalue weighted by Crippen LogP contribution is 2.26. The fraction of sp³-hybridized carbons (Fsp3) is 0.250. The second-order valence-electron chi connectivity index (χ2n) is 7.73. The third-order valence-electron chi connectivity index (χ3n) is 5.56. The van der Waals surface area contributed by atoms with Gasteiger partial charge in [0, 0.05) is 36.0 Å². The highest BCUT2D eigenvalue weighted by atomic mass is 32.2. The summed E-state index contributed by atoms with van der Waals surface area (Å²) in [5, 5.41) is 4.66. The maximum Gasteiger partial charge on any atom is 0.246 e. The van der Waals surface area contributed by atoms with Crippen LogP contribution < -0.4 is 0 Å². The van der Waals surface area contributed by atoms with Gasteiger partial charge in [0.25, 0.3) is 0 Å². The van der Waals surface area contributed by atoms with Gasteiger partial charge in [-0.2, -0.15) is 5.10 Å². The van der Waals surface area contributed by atoms with Crippen LogP contribution in [0.15, 0.2) is 66.9 Å². The molecule has 166 valence electrons. The van der Waals surface area contributed by atoms with Crippen molar-refractivity contribution in [1.29, 1.82) is 0 Å². The van der Waals surface area contributed by atoms with E-state index in [1.54, 1.807) is 27.8 Å². The van der Waals surface area contributed by atoms with Gasteiger partial charge < -0.3 is 4.90 Å². The van der Waals surface area contributed by atoms with E-state index in [0.29, 0.717) is 24.2 Å². The highest BCUT2D eigenvalue weighted by Gasteiger charge is 2.33. The van der Waals surface area contributed by atoms with Gasteiger partial charge in [0.05, 0.1) is 22.9 Å². The summed E-state index contributed by atoms with van der Waals surface area (Å²) < 4.78 is 38.8. The van der Waals surface area contributed by atoms with Gasteiger partial charge in [-0.05, 0) is 55.8 Å². The topological polar surface area (TPSA) is 72.3 Å². The molecule has 2 aromatic carbocycles. The van der Waals surface area contributed by atoms with Crippen LogP contribution in [0.1, 0.15) is 18.9 Å². The Labute approximate surface area is 186 Å². The van der Waals surface area contributed by atoms with Gasteiger partial charge in [0.15, 0.2) is 9.84 Å². The molecule has 0 spiro atoms. The van der Waals surface area contributed by atoms with E-state index in [2.05, 4.69) is 5.10 Å². The molecule has 6 nitrogen and oxygen atoms in total. The SMILES string of the molecule is CCN(C(=O)/C=C/c1cn(-c2ccccc2)nc1-c1ccc(F)cc1)[C@@H]1CCS(=O)(=O)C1. The molecule has 3 aromatic rings. The summed E-state index contributed by atoms with van der Waals surface area (Å²) >= 11 is 0. The number of para-hydroxylation sites is 1. The van der Waals surface area contributed by atoms with Crippen LogP contribution in [0.2, 0.25) is 0 Å². The van der Waals surface area contributed by atoms with E-state index in [1.807, 2.05) is 43.5 Å². The van der Waals surface area contributed by atoms with Crippen LogP contribution in [-0.4, -0.2) is 53.1 Å². The molecule has 0 aliphatic carbocycles. The van der Waals surface area contributed by atoms with Crippen molar-refractivity contribution in [3.8, 4) is 16.9 Å². The van der Waals surface area contributed by atoms with Crippen LogP contribution in [0, 0.1) is 5.82 Å². The minimum atomic E-state index is -3.09. The number of hydrogen-bond acceptors (Lipinski definition) is 4. The van der Waals surface area contributed by atoms with Crippen LogP contribution in [-0.2, 0) is 14.6 Å². The molecule has 1 amide bonds. The minimum absolute atomic E-state index is 0.00713. The number of amides is 1. The maximum absolute atomic E-state index is 13.4. The number of carbonyl (C=O) groups excluding carboxylic acids is 1. The van der Waals surface area contributed by atoms with E-state index in [9.17, 15) is 17.6 Å². The van der Waals surface area contributed by atoms with E-state index in [1.165, 1.54) is 18.2 Å². The Hall–Kier alpha value is -3.26. The Morgan fingerprint density at radius 3 is 2.53 bits per heavy atom. The van der Waals surface area contributed by atoms with Gasteiger partial charge in [0.1, 0.15) is 5.82 Å². The number of aromatic nitrogens is 2. The second-order valence-corrected chi connectivity index (χ2v) is 9.96. The zero-order valence-electron chi connectivity index (χ0n) is 17.7. The molecular weight excluding hydrogens is 429 g/mol. The first-order chi connectivity index (χ1) is 15.4. The molecule has 0 N–H and O–H groups in total. The Balaban J connectivity index is 1.65. The Kier molecular flexibility index (Phi) is 6.23. The second kappa shape index (κ2) is 9.08. The van der Waals surface area contributed by atoms with E-state index in [-0.39, 0.29) is 29.3 Å². The number of likely N-dealkylation sites (N-methyl/N-ethyl adjacent to an activating group) is 1. The van der Waals surface area contributed by atoms with Crippen molar-refractivity contribution in [3.05, 3.63) is 78.3 Å². The lowest BCUT2D eigenvalue weighted by Crippen LogP contribution is -2.40. The monoisotopic (exact) mass is 453 g/mol. The molecule has 1 saturated heterocycles. The standard InChI is InChI=1S/C24H24FN3O3S/c1-2-27(22-14-15-32(30,31)17-22)23(29)13-10-19-16-28(21-6-4-3-5-7-21)26-24(19)18-8-11-20(25)12-9-18/h3-13,16,22H,2,14-15,17H2,1H3/b13-10+/t22-/m1/s1. The molecule has 1 atom stereocenters. The fourth-order valence-electron chi connectivity index (χ4n) is 3.93. The lowest BCUT2D eigenvalue weighted by atomic mass is 10.1. The molecule has 1 aliphatic heterocycles. The molecule has 0 unspecified atom stereocenters. The van der Waals surface area contributed by atoms with Gasteiger partial charge in [-0.1, -0.05) is 18.2 Å². The molecule has 0 saturated carbocycles. The quantitative estimate of drug-likeness (QED) is 0.533. The average Bonchev–Trinajstić information content (AvgIpc) is 3.37. The van der Waals surface area contributed by atoms with Crippen LogP contribution in [0.5, 0.6) is 0 Å². The van der Waals surface area contributed by atoms with E-state index in [0.717, 1.165) is 11.3 Å². The molecule has 1 fully saturated rings. The van der Waals surface area contributed by atoms with Crippen LogP contribution in [0.3, 0.4) is 0 Å². The zero-order valence-corrected chi connectivity index (χ0v) is 18.5. The van der Waals surface area contributed by atoms with Crippen molar-refractivity contribution in [3.63, 3.8) is 0 Å². The predicted molar refractivity (Wildman–Crippen MR) is 122 cm³/mol. The van der Waals surface area contributed by atoms with E-state index >= 15 is 0 Å². The Bertz CT molecular complexity index is 1240. The number of sulfone groups is 1. The molecule has 8 heteroatoms. The van der Waals surface area contributed by atoms with Gasteiger partial charge in [-0.25, -0.2) is 17.5 Å². The molecular formula is C24H24FN3O3S. The molecule has 32 heavy (non-hydrogen) atoms. The van der Waals surface area contributed by atoms with Crippen LogP contribution in [0.4, 0.5) is 4.39 Å². The predicted octanol–water partition coefficient (Wildman–Crippen LogP) is 3.73. The summed E-state index contributed by atoms with van der Waals surface area (Å²) in [5.74, 6) is -0.461. The lowest BCUT2D eigenvalue weighted by molar-refractivity contribution is -0.127. The first-order valence-electron chi connectivity index (χ1n) is 10.5. The minimum Gasteiger partial charge on any atom is -0.335 e. The van der Waals surface area contributed by atoms with E-state index in [4.69, 9.17) is 0 Å². The first-order valence-corrected chi connectivity index (χ1v) is 12.3.